The van der Waals surface area contributed by atoms with Crippen molar-refractivity contribution in [3.8, 4) is 0 Å². The molecular formula is C9H24N2O6P+. The first-order chi connectivity index (χ1) is 7.90. The highest BCUT2D eigenvalue weighted by Crippen LogP contribution is 2.39. The predicted molar refractivity (Wildman–Crippen MR) is 66.9 cm³/mol. The maximum absolute atomic E-state index is 10.4. The summed E-state index contributed by atoms with van der Waals surface area (Å²) in [5.74, 6) is -2.33. The van der Waals surface area contributed by atoms with Gasteiger partial charge >= 0.3 is 13.6 Å². The van der Waals surface area contributed by atoms with Crippen molar-refractivity contribution >= 4 is 13.6 Å². The lowest BCUT2D eigenvalue weighted by Gasteiger charge is -2.26. The van der Waals surface area contributed by atoms with Crippen LogP contribution in [0, 0.1) is 0 Å². The Morgan fingerprint density at radius 1 is 1.33 bits per heavy atom. The third-order valence-electron chi connectivity index (χ3n) is 1.69. The van der Waals surface area contributed by atoms with Gasteiger partial charge in [-0.15, -0.1) is 0 Å². The molecule has 0 heterocycles. The number of quaternary nitrogens is 1. The number of aliphatic carboxylic acids is 1. The number of likely N-dealkylation sites (N-methyl/N-ethyl adjacent to an activating group) is 1. The highest BCUT2D eigenvalue weighted by Gasteiger charge is 2.31. The topological polar surface area (TPSA) is 141 Å². The predicted octanol–water partition coefficient (Wildman–Crippen LogP) is -1.00. The first kappa shape index (κ1) is 19.8. The summed E-state index contributed by atoms with van der Waals surface area (Å²) in [4.78, 5) is 26.7. The molecule has 1 atom stereocenters. The second kappa shape index (κ2) is 8.58. The molecule has 0 aromatic heterocycles. The van der Waals surface area contributed by atoms with E-state index in [4.69, 9.17) is 25.7 Å². The van der Waals surface area contributed by atoms with E-state index < -0.39 is 19.4 Å². The number of nitrogens with zero attached hydrogens (tertiary/aromatic N) is 1. The molecule has 0 bridgehead atoms. The van der Waals surface area contributed by atoms with Crippen molar-refractivity contribution in [1.82, 2.24) is 0 Å². The largest absolute Gasteiger partial charge is 0.481 e. The van der Waals surface area contributed by atoms with Crippen LogP contribution in [0.1, 0.15) is 12.8 Å². The lowest BCUT2D eigenvalue weighted by atomic mass is 10.3. The van der Waals surface area contributed by atoms with Crippen LogP contribution < -0.4 is 5.73 Å². The molecule has 6 N–H and O–H groups in total. The molecule has 0 rings (SSSR count). The van der Waals surface area contributed by atoms with E-state index in [2.05, 4.69) is 0 Å². The summed E-state index contributed by atoms with van der Waals surface area (Å²) in [6.07, 6.45) is 0.770. The number of rotatable bonds is 6. The van der Waals surface area contributed by atoms with Gasteiger partial charge in [-0.05, 0) is 13.0 Å². The van der Waals surface area contributed by atoms with Gasteiger partial charge in [-0.25, -0.2) is 0 Å². The molecule has 0 aliphatic carbocycles. The van der Waals surface area contributed by atoms with Crippen LogP contribution in [0.4, 0.5) is 0 Å². The van der Waals surface area contributed by atoms with Crippen molar-refractivity contribution in [2.45, 2.75) is 18.7 Å². The van der Waals surface area contributed by atoms with Crippen LogP contribution in [0.15, 0.2) is 0 Å². The van der Waals surface area contributed by atoms with Gasteiger partial charge in [0.15, 0.2) is 0 Å². The van der Waals surface area contributed by atoms with E-state index in [0.29, 0.717) is 17.4 Å². The molecule has 110 valence electrons. The van der Waals surface area contributed by atoms with Crippen LogP contribution in [-0.4, -0.2) is 70.5 Å². The molecule has 1 unspecified atom stereocenters. The number of hydrogen-bond acceptors (Lipinski definition) is 4. The summed E-state index contributed by atoms with van der Waals surface area (Å²) >= 11 is 0. The summed E-state index contributed by atoms with van der Waals surface area (Å²) in [7, 11) is 0.933. The number of nitrogens with two attached hydrogens (primary N) is 1. The maximum atomic E-state index is 10.4. The van der Waals surface area contributed by atoms with Crippen molar-refractivity contribution in [1.29, 1.82) is 0 Å². The highest BCUT2D eigenvalue weighted by molar-refractivity contribution is 7.52. The zero-order valence-electron chi connectivity index (χ0n) is 11.0. The SMILES string of the molecule is C[N+](C)(C)CC(O)P(=O)(O)O.NCCCC(=O)O. The van der Waals surface area contributed by atoms with Crippen molar-refractivity contribution in [3.63, 3.8) is 0 Å². The van der Waals surface area contributed by atoms with E-state index in [9.17, 15) is 9.36 Å². The van der Waals surface area contributed by atoms with E-state index in [1.165, 1.54) is 0 Å². The normalized spacial score (nSPS) is 13.5. The van der Waals surface area contributed by atoms with Gasteiger partial charge in [0.1, 0.15) is 6.54 Å². The van der Waals surface area contributed by atoms with E-state index in [-0.39, 0.29) is 13.0 Å². The van der Waals surface area contributed by atoms with Gasteiger partial charge in [0.05, 0.1) is 21.1 Å². The minimum atomic E-state index is -4.31. The minimum absolute atomic E-state index is 0.0459. The summed E-state index contributed by atoms with van der Waals surface area (Å²) in [5.41, 5.74) is 5.01. The van der Waals surface area contributed by atoms with Crippen molar-refractivity contribution in [2.75, 3.05) is 34.2 Å². The molecular weight excluding hydrogens is 263 g/mol. The van der Waals surface area contributed by atoms with Gasteiger partial charge in [0, 0.05) is 6.42 Å². The Morgan fingerprint density at radius 2 is 1.78 bits per heavy atom. The van der Waals surface area contributed by atoms with Gasteiger partial charge in [0.2, 0.25) is 5.85 Å². The average Bonchev–Trinajstić information content (AvgIpc) is 2.11. The smallest absolute Gasteiger partial charge is 0.359 e. The Balaban J connectivity index is 0. The molecule has 0 saturated heterocycles. The molecule has 0 aromatic carbocycles. The van der Waals surface area contributed by atoms with Crippen LogP contribution in [0.25, 0.3) is 0 Å². The molecule has 0 aliphatic heterocycles. The fraction of sp³-hybridized carbons (Fsp3) is 0.889. The standard InChI is InChI=1S/C5H14NO4P.C4H9NO2/c1-6(2,3)4-5(7)11(8,9)10;5-3-1-2-4(6)7/h5,7H,4H2,1-3H3,(H-,8,9,10);1-3,5H2,(H,6,7)/p+1. The van der Waals surface area contributed by atoms with Gasteiger partial charge in [-0.2, -0.15) is 0 Å². The first-order valence-corrected chi connectivity index (χ1v) is 7.04. The van der Waals surface area contributed by atoms with Crippen molar-refractivity contribution in [2.24, 2.45) is 5.73 Å². The van der Waals surface area contributed by atoms with Gasteiger partial charge in [-0.3, -0.25) is 9.36 Å². The molecule has 0 saturated carbocycles. The quantitative estimate of drug-likeness (QED) is 0.311. The highest BCUT2D eigenvalue weighted by atomic mass is 31.2. The lowest BCUT2D eigenvalue weighted by molar-refractivity contribution is -0.872. The maximum Gasteiger partial charge on any atom is 0.359 e. The lowest BCUT2D eigenvalue weighted by Crippen LogP contribution is -2.41. The third-order valence-corrected chi connectivity index (χ3v) is 2.63. The van der Waals surface area contributed by atoms with Crippen molar-refractivity contribution in [3.05, 3.63) is 0 Å². The molecule has 0 aliphatic rings. The monoisotopic (exact) mass is 287 g/mol. The molecule has 0 amide bonds. The Kier molecular flexibility index (Phi) is 9.45. The van der Waals surface area contributed by atoms with E-state index in [1.807, 2.05) is 0 Å². The van der Waals surface area contributed by atoms with E-state index in [0.717, 1.165) is 0 Å². The molecule has 0 fully saturated rings. The Morgan fingerprint density at radius 3 is 1.89 bits per heavy atom. The molecule has 0 spiro atoms. The number of carbonyl (C=O) groups is 1. The number of carboxylic acids is 1. The number of carboxylic acid groups (broad SMARTS) is 1. The van der Waals surface area contributed by atoms with Gasteiger partial charge in [0.25, 0.3) is 0 Å². The Hall–Kier alpha value is -0.500. The molecule has 0 radical (unpaired) electrons. The molecule has 0 aromatic rings. The Labute approximate surface area is 107 Å². The molecule has 18 heavy (non-hydrogen) atoms. The Bertz CT molecular complexity index is 285. The minimum Gasteiger partial charge on any atom is -0.481 e. The summed E-state index contributed by atoms with van der Waals surface area (Å²) < 4.78 is 10.8. The van der Waals surface area contributed by atoms with Crippen LogP contribution in [0.5, 0.6) is 0 Å². The fourth-order valence-electron chi connectivity index (χ4n) is 0.850. The van der Waals surface area contributed by atoms with E-state index in [1.54, 1.807) is 21.1 Å². The first-order valence-electron chi connectivity index (χ1n) is 5.35. The second-order valence-corrected chi connectivity index (χ2v) is 6.60. The zero-order chi connectivity index (χ0) is 15.0. The third kappa shape index (κ3) is 15.5. The summed E-state index contributed by atoms with van der Waals surface area (Å²) in [5, 5.41) is 16.9. The zero-order valence-corrected chi connectivity index (χ0v) is 11.9. The van der Waals surface area contributed by atoms with Gasteiger partial charge < -0.3 is 30.2 Å². The molecule has 9 heteroatoms. The fourth-order valence-corrected chi connectivity index (χ4v) is 1.55. The summed E-state index contributed by atoms with van der Waals surface area (Å²) in [6, 6.07) is 0. The average molecular weight is 287 g/mol. The number of hydrogen-bond donors (Lipinski definition) is 5. The van der Waals surface area contributed by atoms with Gasteiger partial charge in [-0.1, -0.05) is 0 Å². The second-order valence-electron chi connectivity index (χ2n) is 4.83. The van der Waals surface area contributed by atoms with Crippen molar-refractivity contribution < 1.29 is 33.8 Å². The van der Waals surface area contributed by atoms with Crippen LogP contribution >= 0.6 is 7.60 Å². The number of aliphatic hydroxyl groups excluding tert-OH is 1. The van der Waals surface area contributed by atoms with Crippen LogP contribution in [0.3, 0.4) is 0 Å². The van der Waals surface area contributed by atoms with E-state index >= 15 is 0 Å². The van der Waals surface area contributed by atoms with Crippen LogP contribution in [-0.2, 0) is 9.36 Å². The molecule has 8 nitrogen and oxygen atoms in total. The number of aliphatic hydroxyl groups is 1. The van der Waals surface area contributed by atoms with Crippen LogP contribution in [0.2, 0.25) is 0 Å². The summed E-state index contributed by atoms with van der Waals surface area (Å²) in [6.45, 7) is 0.510.